The Labute approximate surface area is 254 Å². The monoisotopic (exact) mass is 556 g/mol. The molecular weight excluding hydrogens is 520 g/mol. The van der Waals surface area contributed by atoms with E-state index in [0.29, 0.717) is 11.8 Å². The summed E-state index contributed by atoms with van der Waals surface area (Å²) in [6.45, 7) is 4.67. The Hall–Kier alpha value is -4.58. The van der Waals surface area contributed by atoms with Crippen molar-refractivity contribution in [1.29, 1.82) is 0 Å². The highest BCUT2D eigenvalue weighted by molar-refractivity contribution is 6.12. The van der Waals surface area contributed by atoms with E-state index in [1.165, 1.54) is 85.7 Å². The Kier molecular flexibility index (Phi) is 6.43. The molecule has 0 spiro atoms. The summed E-state index contributed by atoms with van der Waals surface area (Å²) in [6, 6.07) is 39.8. The van der Waals surface area contributed by atoms with E-state index in [1.54, 1.807) is 0 Å². The van der Waals surface area contributed by atoms with Gasteiger partial charge in [-0.1, -0.05) is 110 Å². The topological polar surface area (TPSA) is 13.1 Å². The molecule has 6 aromatic rings. The fraction of sp³-hybridized carbons (Fsp3) is 0.214. The van der Waals surface area contributed by atoms with E-state index in [-0.39, 0.29) is 0 Å². The summed E-state index contributed by atoms with van der Waals surface area (Å²) in [7, 11) is 0. The molecule has 1 nitrogen and oxygen atoms in total. The van der Waals surface area contributed by atoms with E-state index in [4.69, 9.17) is 4.42 Å². The molecule has 1 atom stereocenters. The van der Waals surface area contributed by atoms with Crippen molar-refractivity contribution in [3.63, 3.8) is 0 Å². The highest BCUT2D eigenvalue weighted by Crippen LogP contribution is 2.46. The molecule has 1 aromatic heterocycles. The molecule has 0 radical (unpaired) electrons. The Morgan fingerprint density at radius 1 is 0.698 bits per heavy atom. The minimum absolute atomic E-state index is 0.369. The Balaban J connectivity index is 1.22. The van der Waals surface area contributed by atoms with Crippen molar-refractivity contribution >= 4 is 27.5 Å². The van der Waals surface area contributed by atoms with E-state index in [2.05, 4.69) is 123 Å². The van der Waals surface area contributed by atoms with Gasteiger partial charge in [0, 0.05) is 22.3 Å². The van der Waals surface area contributed by atoms with Gasteiger partial charge in [-0.15, -0.1) is 5.73 Å². The second kappa shape index (κ2) is 10.6. The molecule has 2 aliphatic carbocycles. The maximum Gasteiger partial charge on any atom is 0.136 e. The maximum absolute atomic E-state index is 6.24. The van der Waals surface area contributed by atoms with Gasteiger partial charge in [-0.05, 0) is 101 Å². The third-order valence-corrected chi connectivity index (χ3v) is 10.0. The molecule has 1 unspecified atom stereocenters. The lowest BCUT2D eigenvalue weighted by Gasteiger charge is -2.30. The molecular formula is C42H36O. The van der Waals surface area contributed by atoms with Crippen LogP contribution in [0.1, 0.15) is 73.1 Å². The normalized spacial score (nSPS) is 15.9. The predicted molar refractivity (Wildman–Crippen MR) is 180 cm³/mol. The number of benzene rings is 5. The number of hydrogen-bond acceptors (Lipinski definition) is 1. The molecule has 0 bridgehead atoms. The fourth-order valence-corrected chi connectivity index (χ4v) is 7.33. The first-order valence-corrected chi connectivity index (χ1v) is 15.8. The summed E-state index contributed by atoms with van der Waals surface area (Å²) in [5.41, 5.74) is 19.3. The molecule has 1 saturated carbocycles. The molecule has 0 aliphatic heterocycles. The van der Waals surface area contributed by atoms with Gasteiger partial charge in [0.2, 0.25) is 0 Å². The third-order valence-electron chi connectivity index (χ3n) is 10.0. The van der Waals surface area contributed by atoms with Crippen molar-refractivity contribution < 1.29 is 4.42 Å². The van der Waals surface area contributed by atoms with Crippen LogP contribution in [0.5, 0.6) is 0 Å². The quantitative estimate of drug-likeness (QED) is 0.186. The fourth-order valence-electron chi connectivity index (χ4n) is 7.33. The van der Waals surface area contributed by atoms with Gasteiger partial charge in [-0.2, -0.15) is 0 Å². The van der Waals surface area contributed by atoms with Gasteiger partial charge in [0.25, 0.3) is 0 Å². The van der Waals surface area contributed by atoms with E-state index in [0.717, 1.165) is 24.0 Å². The summed E-state index contributed by atoms with van der Waals surface area (Å²) in [6.07, 6.45) is 6.07. The van der Waals surface area contributed by atoms with Gasteiger partial charge in [0.15, 0.2) is 0 Å². The molecule has 1 heteroatoms. The van der Waals surface area contributed by atoms with Crippen LogP contribution in [0.2, 0.25) is 0 Å². The summed E-state index contributed by atoms with van der Waals surface area (Å²) in [5.74, 6) is 1.01. The van der Waals surface area contributed by atoms with E-state index >= 15 is 0 Å². The molecule has 0 amide bonds. The van der Waals surface area contributed by atoms with Crippen LogP contribution in [0.3, 0.4) is 0 Å². The van der Waals surface area contributed by atoms with E-state index in [9.17, 15) is 0 Å². The van der Waals surface area contributed by atoms with Crippen LogP contribution in [0.25, 0.3) is 49.8 Å². The SMILES string of the molecule is Cc1c(-c2ccc(C(C)C3=C=C(c4ccccc4)CC3)cc2C2CCC2)cccc1-c1cccc2oc3ccccc3c12. The van der Waals surface area contributed by atoms with Crippen LogP contribution in [0.15, 0.2) is 125 Å². The number of rotatable bonds is 6. The first-order valence-electron chi connectivity index (χ1n) is 15.8. The van der Waals surface area contributed by atoms with Crippen LogP contribution in [-0.4, -0.2) is 0 Å². The Morgan fingerprint density at radius 3 is 2.23 bits per heavy atom. The highest BCUT2D eigenvalue weighted by Gasteiger charge is 2.26. The summed E-state index contributed by atoms with van der Waals surface area (Å²) in [4.78, 5) is 0. The van der Waals surface area contributed by atoms with Gasteiger partial charge in [0.05, 0.1) is 0 Å². The van der Waals surface area contributed by atoms with Gasteiger partial charge in [-0.3, -0.25) is 0 Å². The zero-order chi connectivity index (χ0) is 28.9. The molecule has 5 aromatic carbocycles. The van der Waals surface area contributed by atoms with Gasteiger partial charge in [-0.25, -0.2) is 0 Å². The number of para-hydroxylation sites is 1. The molecule has 1 fully saturated rings. The first-order chi connectivity index (χ1) is 21.2. The molecule has 2 aliphatic rings. The second-order valence-corrected chi connectivity index (χ2v) is 12.4. The molecule has 0 saturated heterocycles. The average molecular weight is 557 g/mol. The lowest BCUT2D eigenvalue weighted by atomic mass is 9.75. The van der Waals surface area contributed by atoms with Crippen LogP contribution in [-0.2, 0) is 0 Å². The van der Waals surface area contributed by atoms with Gasteiger partial charge < -0.3 is 4.42 Å². The van der Waals surface area contributed by atoms with Crippen LogP contribution in [0, 0.1) is 6.92 Å². The lowest BCUT2D eigenvalue weighted by Crippen LogP contribution is -2.11. The average Bonchev–Trinajstić information content (AvgIpc) is 3.66. The molecule has 43 heavy (non-hydrogen) atoms. The van der Waals surface area contributed by atoms with E-state index in [1.807, 2.05) is 6.07 Å². The minimum atomic E-state index is 0.369. The third kappa shape index (κ3) is 4.48. The van der Waals surface area contributed by atoms with Crippen LogP contribution < -0.4 is 0 Å². The summed E-state index contributed by atoms with van der Waals surface area (Å²) < 4.78 is 6.24. The first kappa shape index (κ1) is 26.1. The van der Waals surface area contributed by atoms with Crippen molar-refractivity contribution in [3.05, 3.63) is 143 Å². The summed E-state index contributed by atoms with van der Waals surface area (Å²) in [5, 5.41) is 2.38. The Morgan fingerprint density at radius 2 is 1.42 bits per heavy atom. The van der Waals surface area contributed by atoms with Crippen molar-refractivity contribution in [3.8, 4) is 22.3 Å². The smallest absolute Gasteiger partial charge is 0.136 e. The standard InChI is InChI=1S/C42H36O/c1-27(31-21-22-33(25-31)29-11-4-3-5-12-29)32-23-24-36(39(26-32)30-13-8-14-30)34-16-9-17-35(28(34)2)37-18-10-20-41-42(37)38-15-6-7-19-40(38)43-41/h3-7,9-12,15-20,23-24,26-27,30H,8,13-14,21-22H2,1-2H3. The maximum atomic E-state index is 6.24. The number of hydrogen-bond donors (Lipinski definition) is 0. The minimum Gasteiger partial charge on any atom is -0.456 e. The largest absolute Gasteiger partial charge is 0.456 e. The van der Waals surface area contributed by atoms with Crippen molar-refractivity contribution in [1.82, 2.24) is 0 Å². The van der Waals surface area contributed by atoms with Crippen molar-refractivity contribution in [2.45, 2.75) is 57.8 Å². The molecule has 210 valence electrons. The van der Waals surface area contributed by atoms with Crippen LogP contribution >= 0.6 is 0 Å². The zero-order valence-electron chi connectivity index (χ0n) is 25.0. The van der Waals surface area contributed by atoms with Crippen molar-refractivity contribution in [2.75, 3.05) is 0 Å². The lowest BCUT2D eigenvalue weighted by molar-refractivity contribution is 0.420. The molecule has 0 N–H and O–H groups in total. The molecule has 1 heterocycles. The second-order valence-electron chi connectivity index (χ2n) is 12.4. The van der Waals surface area contributed by atoms with Gasteiger partial charge >= 0.3 is 0 Å². The predicted octanol–water partition coefficient (Wildman–Crippen LogP) is 12.0. The van der Waals surface area contributed by atoms with Crippen LogP contribution in [0.4, 0.5) is 0 Å². The number of fused-ring (bicyclic) bond motifs is 3. The number of furan rings is 1. The van der Waals surface area contributed by atoms with E-state index < -0.39 is 0 Å². The van der Waals surface area contributed by atoms with Crippen molar-refractivity contribution in [2.24, 2.45) is 0 Å². The summed E-state index contributed by atoms with van der Waals surface area (Å²) >= 11 is 0. The number of allylic oxidation sites excluding steroid dienone is 1. The molecule has 8 rings (SSSR count). The highest BCUT2D eigenvalue weighted by atomic mass is 16.3. The Bertz CT molecular complexity index is 2060. The zero-order valence-corrected chi connectivity index (χ0v) is 25.0. The van der Waals surface area contributed by atoms with Gasteiger partial charge in [0.1, 0.15) is 11.2 Å².